The second-order valence-corrected chi connectivity index (χ2v) is 8.01. The molecule has 0 unspecified atom stereocenters. The molecule has 27 heavy (non-hydrogen) atoms. The average Bonchev–Trinajstić information content (AvgIpc) is 2.99. The molecule has 2 atom stereocenters. The van der Waals surface area contributed by atoms with Crippen LogP contribution in [0.25, 0.3) is 0 Å². The van der Waals surface area contributed by atoms with E-state index < -0.39 is 0 Å². The fourth-order valence-electron chi connectivity index (χ4n) is 4.35. The Hall–Kier alpha value is -2.40. The summed E-state index contributed by atoms with van der Waals surface area (Å²) in [5.74, 6) is 0.729. The number of piperidine rings is 1. The van der Waals surface area contributed by atoms with E-state index in [1.807, 2.05) is 56.7 Å². The minimum absolute atomic E-state index is 0.176. The van der Waals surface area contributed by atoms with E-state index in [-0.39, 0.29) is 5.91 Å². The van der Waals surface area contributed by atoms with Gasteiger partial charge in [0.15, 0.2) is 0 Å². The summed E-state index contributed by atoms with van der Waals surface area (Å²) in [5.41, 5.74) is 3.02. The Bertz CT molecular complexity index is 775. The fourth-order valence-corrected chi connectivity index (χ4v) is 4.35. The van der Waals surface area contributed by atoms with Crippen molar-refractivity contribution in [2.45, 2.75) is 25.4 Å². The lowest BCUT2D eigenvalue weighted by Gasteiger charge is -2.36. The number of pyridine rings is 1. The molecule has 1 aromatic carbocycles. The highest BCUT2D eigenvalue weighted by molar-refractivity contribution is 5.95. The molecular formula is C22H28N4O. The van der Waals surface area contributed by atoms with Gasteiger partial charge in [0.05, 0.1) is 5.69 Å². The number of amides is 1. The van der Waals surface area contributed by atoms with Gasteiger partial charge in [-0.25, -0.2) is 0 Å². The van der Waals surface area contributed by atoms with Crippen LogP contribution in [0.3, 0.4) is 0 Å². The molecule has 1 amide bonds. The van der Waals surface area contributed by atoms with E-state index >= 15 is 0 Å². The number of aromatic nitrogens is 1. The number of rotatable bonds is 4. The molecule has 3 aliphatic heterocycles. The number of fused-ring (bicyclic) bond motifs is 4. The molecule has 0 N–H and O–H groups in total. The Morgan fingerprint density at radius 3 is 2.59 bits per heavy atom. The second-order valence-electron chi connectivity index (χ2n) is 8.01. The van der Waals surface area contributed by atoms with E-state index in [2.05, 4.69) is 25.8 Å². The van der Waals surface area contributed by atoms with Crippen molar-refractivity contribution in [3.63, 3.8) is 0 Å². The zero-order valence-corrected chi connectivity index (χ0v) is 16.2. The van der Waals surface area contributed by atoms with Crippen molar-refractivity contribution in [3.8, 4) is 0 Å². The number of carbonyl (C=O) groups excluding carboxylic acids is 1. The third-order valence-electron chi connectivity index (χ3n) is 5.79. The summed E-state index contributed by atoms with van der Waals surface area (Å²) in [7, 11) is 4.03. The van der Waals surface area contributed by atoms with Crippen LogP contribution in [0.2, 0.25) is 0 Å². The van der Waals surface area contributed by atoms with Crippen LogP contribution in [0.1, 0.15) is 28.9 Å². The molecule has 0 spiro atoms. The summed E-state index contributed by atoms with van der Waals surface area (Å²) in [6.45, 7) is 3.73. The molecule has 3 fully saturated rings. The largest absolute Gasteiger partial charge is 0.378 e. The molecule has 2 aromatic rings. The minimum Gasteiger partial charge on any atom is -0.378 e. The molecule has 5 nitrogen and oxygen atoms in total. The highest BCUT2D eigenvalue weighted by Gasteiger charge is 2.37. The van der Waals surface area contributed by atoms with Crippen LogP contribution < -0.4 is 4.90 Å². The first kappa shape index (κ1) is 18.0. The molecule has 5 heteroatoms. The van der Waals surface area contributed by atoms with Gasteiger partial charge in [-0.15, -0.1) is 0 Å². The van der Waals surface area contributed by atoms with Crippen LogP contribution in [0, 0.1) is 5.92 Å². The Labute approximate surface area is 161 Å². The Balaban J connectivity index is 1.47. The molecule has 3 saturated heterocycles. The van der Waals surface area contributed by atoms with Crippen molar-refractivity contribution in [2.24, 2.45) is 5.92 Å². The zero-order chi connectivity index (χ0) is 18.8. The van der Waals surface area contributed by atoms with E-state index in [1.165, 1.54) is 6.42 Å². The van der Waals surface area contributed by atoms with Crippen LogP contribution in [0.5, 0.6) is 0 Å². The van der Waals surface area contributed by atoms with Gasteiger partial charge < -0.3 is 9.80 Å². The van der Waals surface area contributed by atoms with Crippen LogP contribution in [-0.2, 0) is 6.54 Å². The molecule has 3 aliphatic rings. The molecule has 0 radical (unpaired) electrons. The summed E-state index contributed by atoms with van der Waals surface area (Å²) in [4.78, 5) is 24.3. The second kappa shape index (κ2) is 7.69. The lowest BCUT2D eigenvalue weighted by Crippen LogP contribution is -2.47. The van der Waals surface area contributed by atoms with Crippen molar-refractivity contribution in [2.75, 3.05) is 38.6 Å². The number of nitrogens with zero attached hydrogens (tertiary/aromatic N) is 4. The highest BCUT2D eigenvalue weighted by atomic mass is 16.2. The van der Waals surface area contributed by atoms with Gasteiger partial charge in [0, 0.05) is 63.8 Å². The summed E-state index contributed by atoms with van der Waals surface area (Å²) in [5, 5.41) is 0. The SMILES string of the molecule is CN(C)c1ccc(C(=O)N2C[C@H]3CC[C@@H]2CN(Cc2ccccn2)C3)cc1. The van der Waals surface area contributed by atoms with E-state index in [1.54, 1.807) is 0 Å². The fraction of sp³-hybridized carbons (Fsp3) is 0.455. The predicted octanol–water partition coefficient (Wildman–Crippen LogP) is 2.88. The van der Waals surface area contributed by atoms with Crippen LogP contribution in [0.4, 0.5) is 5.69 Å². The highest BCUT2D eigenvalue weighted by Crippen LogP contribution is 2.30. The normalized spacial score (nSPS) is 22.5. The lowest BCUT2D eigenvalue weighted by molar-refractivity contribution is 0.0585. The first-order valence-corrected chi connectivity index (χ1v) is 9.81. The van der Waals surface area contributed by atoms with Crippen molar-refractivity contribution in [1.82, 2.24) is 14.8 Å². The van der Waals surface area contributed by atoms with Gasteiger partial charge in [-0.2, -0.15) is 0 Å². The molecule has 0 saturated carbocycles. The third-order valence-corrected chi connectivity index (χ3v) is 5.79. The molecule has 1 aromatic heterocycles. The van der Waals surface area contributed by atoms with E-state index in [0.29, 0.717) is 12.0 Å². The van der Waals surface area contributed by atoms with E-state index in [4.69, 9.17) is 0 Å². The number of carbonyl (C=O) groups is 1. The summed E-state index contributed by atoms with van der Waals surface area (Å²) in [6, 6.07) is 14.4. The quantitative estimate of drug-likeness (QED) is 0.836. The lowest BCUT2D eigenvalue weighted by atomic mass is 9.94. The molecule has 142 valence electrons. The topological polar surface area (TPSA) is 39.7 Å². The van der Waals surface area contributed by atoms with Crippen LogP contribution in [-0.4, -0.2) is 60.5 Å². The minimum atomic E-state index is 0.176. The van der Waals surface area contributed by atoms with Gasteiger partial charge in [0.25, 0.3) is 5.91 Å². The number of anilines is 1. The zero-order valence-electron chi connectivity index (χ0n) is 16.2. The maximum atomic E-state index is 13.2. The molecular weight excluding hydrogens is 336 g/mol. The maximum Gasteiger partial charge on any atom is 0.254 e. The Morgan fingerprint density at radius 1 is 1.07 bits per heavy atom. The number of benzene rings is 1. The van der Waals surface area contributed by atoms with Crippen molar-refractivity contribution < 1.29 is 4.79 Å². The summed E-state index contributed by atoms with van der Waals surface area (Å²) >= 11 is 0. The third kappa shape index (κ3) is 3.98. The van der Waals surface area contributed by atoms with E-state index in [9.17, 15) is 4.79 Å². The molecule has 2 bridgehead atoms. The van der Waals surface area contributed by atoms with Gasteiger partial charge in [-0.05, 0) is 55.2 Å². The van der Waals surface area contributed by atoms with Gasteiger partial charge in [-0.3, -0.25) is 14.7 Å². The van der Waals surface area contributed by atoms with E-state index in [0.717, 1.165) is 49.5 Å². The monoisotopic (exact) mass is 364 g/mol. The molecule has 5 rings (SSSR count). The average molecular weight is 364 g/mol. The Kier molecular flexibility index (Phi) is 5.12. The van der Waals surface area contributed by atoms with Gasteiger partial charge in [0.2, 0.25) is 0 Å². The first-order chi connectivity index (χ1) is 13.1. The van der Waals surface area contributed by atoms with Crippen molar-refractivity contribution >= 4 is 11.6 Å². The predicted molar refractivity (Wildman–Crippen MR) is 108 cm³/mol. The smallest absolute Gasteiger partial charge is 0.254 e. The Morgan fingerprint density at radius 2 is 1.89 bits per heavy atom. The first-order valence-electron chi connectivity index (χ1n) is 9.81. The summed E-state index contributed by atoms with van der Waals surface area (Å²) in [6.07, 6.45) is 4.17. The van der Waals surface area contributed by atoms with Gasteiger partial charge in [0.1, 0.15) is 0 Å². The number of hydrogen-bond acceptors (Lipinski definition) is 4. The van der Waals surface area contributed by atoms with Crippen molar-refractivity contribution in [3.05, 3.63) is 59.9 Å². The standard InChI is InChI=1S/C22H28N4O/c1-24(2)20-10-7-18(8-11-20)22(27)26-14-17-6-9-21(26)16-25(13-17)15-19-5-3-4-12-23-19/h3-5,7-8,10-12,17,21H,6,9,13-16H2,1-2H3/t17-,21+/m0/s1. The van der Waals surface area contributed by atoms with Crippen LogP contribution in [0.15, 0.2) is 48.7 Å². The maximum absolute atomic E-state index is 13.2. The van der Waals surface area contributed by atoms with Crippen molar-refractivity contribution in [1.29, 1.82) is 0 Å². The number of hydrogen-bond donors (Lipinski definition) is 0. The van der Waals surface area contributed by atoms with Gasteiger partial charge in [-0.1, -0.05) is 6.07 Å². The van der Waals surface area contributed by atoms with Crippen LogP contribution >= 0.6 is 0 Å². The van der Waals surface area contributed by atoms with Gasteiger partial charge >= 0.3 is 0 Å². The molecule has 4 heterocycles. The summed E-state index contributed by atoms with van der Waals surface area (Å²) < 4.78 is 0. The molecule has 0 aliphatic carbocycles.